The van der Waals surface area contributed by atoms with Crippen LogP contribution in [0.2, 0.25) is 0 Å². The lowest BCUT2D eigenvalue weighted by Gasteiger charge is -2.12. The molecule has 0 spiro atoms. The van der Waals surface area contributed by atoms with E-state index in [2.05, 4.69) is 9.47 Å². The number of nitrogens with two attached hydrogens (primary N) is 1. The first-order valence-corrected chi connectivity index (χ1v) is 4.93. The van der Waals surface area contributed by atoms with Crippen LogP contribution in [-0.4, -0.2) is 19.8 Å². The fraction of sp³-hybridized carbons (Fsp3) is 0.273. The molecule has 1 aromatic carbocycles. The zero-order chi connectivity index (χ0) is 13.5. The second kappa shape index (κ2) is 6.85. The molecule has 3 nitrogen and oxygen atoms in total. The highest BCUT2D eigenvalue weighted by Gasteiger charge is 2.14. The number of benzene rings is 1. The maximum absolute atomic E-state index is 12.1. The summed E-state index contributed by atoms with van der Waals surface area (Å²) < 4.78 is 56.5. The normalized spacial score (nSPS) is 11.5. The van der Waals surface area contributed by atoms with Crippen molar-refractivity contribution in [2.45, 2.75) is 13.2 Å². The van der Waals surface area contributed by atoms with Crippen LogP contribution in [0.4, 0.5) is 17.6 Å². The molecule has 1 rings (SSSR count). The van der Waals surface area contributed by atoms with E-state index in [-0.39, 0.29) is 6.54 Å². The van der Waals surface area contributed by atoms with Crippen LogP contribution < -0.4 is 15.2 Å². The molecule has 0 heterocycles. The van der Waals surface area contributed by atoms with Gasteiger partial charge in [0, 0.05) is 6.54 Å². The number of alkyl halides is 4. The predicted octanol–water partition coefficient (Wildman–Crippen LogP) is 2.86. The number of hydrogen-bond donors (Lipinski definition) is 1. The zero-order valence-corrected chi connectivity index (χ0v) is 9.15. The standard InChI is InChI=1S/C11H11F4NO2/c12-10(13)17-8-4-3-7(2-1-5-16)6-9(8)18-11(14)15/h1-4,6,10-11H,5,16H2. The summed E-state index contributed by atoms with van der Waals surface area (Å²) in [5.74, 6) is -0.903. The van der Waals surface area contributed by atoms with Crippen LogP contribution in [0.15, 0.2) is 24.3 Å². The lowest BCUT2D eigenvalue weighted by molar-refractivity contribution is -0.0692. The molecule has 0 aliphatic carbocycles. The van der Waals surface area contributed by atoms with Gasteiger partial charge in [-0.1, -0.05) is 18.2 Å². The van der Waals surface area contributed by atoms with E-state index in [1.165, 1.54) is 6.07 Å². The Morgan fingerprint density at radius 1 is 1.06 bits per heavy atom. The Balaban J connectivity index is 2.99. The first kappa shape index (κ1) is 14.3. The molecule has 0 aliphatic rings. The summed E-state index contributed by atoms with van der Waals surface area (Å²) in [6.45, 7) is -5.98. The van der Waals surface area contributed by atoms with Gasteiger partial charge < -0.3 is 15.2 Å². The van der Waals surface area contributed by atoms with Gasteiger partial charge in [0.25, 0.3) is 0 Å². The van der Waals surface area contributed by atoms with E-state index in [0.29, 0.717) is 5.56 Å². The van der Waals surface area contributed by atoms with Crippen LogP contribution >= 0.6 is 0 Å². The van der Waals surface area contributed by atoms with Gasteiger partial charge in [0.15, 0.2) is 11.5 Å². The van der Waals surface area contributed by atoms with Gasteiger partial charge in [-0.15, -0.1) is 0 Å². The predicted molar refractivity (Wildman–Crippen MR) is 57.8 cm³/mol. The van der Waals surface area contributed by atoms with Crippen molar-refractivity contribution >= 4 is 6.08 Å². The van der Waals surface area contributed by atoms with E-state index in [0.717, 1.165) is 12.1 Å². The minimum Gasteiger partial charge on any atom is -0.431 e. The molecule has 0 saturated heterocycles. The van der Waals surface area contributed by atoms with Crippen molar-refractivity contribution in [2.24, 2.45) is 5.73 Å². The summed E-state index contributed by atoms with van der Waals surface area (Å²) in [5, 5.41) is 0. The van der Waals surface area contributed by atoms with Gasteiger partial charge in [0.2, 0.25) is 0 Å². The number of ether oxygens (including phenoxy) is 2. The molecule has 1 aromatic rings. The summed E-state index contributed by atoms with van der Waals surface area (Å²) >= 11 is 0. The van der Waals surface area contributed by atoms with E-state index in [1.807, 2.05) is 0 Å². The van der Waals surface area contributed by atoms with Crippen LogP contribution in [0.3, 0.4) is 0 Å². The minimum absolute atomic E-state index is 0.264. The van der Waals surface area contributed by atoms with Crippen LogP contribution in [0.1, 0.15) is 5.56 Å². The molecule has 0 amide bonds. The Morgan fingerprint density at radius 3 is 2.22 bits per heavy atom. The minimum atomic E-state index is -3.13. The van der Waals surface area contributed by atoms with E-state index >= 15 is 0 Å². The molecule has 0 bridgehead atoms. The average molecular weight is 265 g/mol. The molecule has 0 unspecified atom stereocenters. The maximum atomic E-state index is 12.1. The molecule has 0 atom stereocenters. The third kappa shape index (κ3) is 4.62. The van der Waals surface area contributed by atoms with Gasteiger partial charge in [-0.05, 0) is 17.7 Å². The average Bonchev–Trinajstić information content (AvgIpc) is 2.28. The second-order valence-corrected chi connectivity index (χ2v) is 3.10. The Bertz CT molecular complexity index is 410. The highest BCUT2D eigenvalue weighted by atomic mass is 19.3. The van der Waals surface area contributed by atoms with Crippen molar-refractivity contribution in [3.63, 3.8) is 0 Å². The van der Waals surface area contributed by atoms with Crippen molar-refractivity contribution in [1.82, 2.24) is 0 Å². The Kier molecular flexibility index (Phi) is 5.44. The smallest absolute Gasteiger partial charge is 0.387 e. The number of halogens is 4. The Labute approximate surface area is 101 Å². The van der Waals surface area contributed by atoms with Crippen LogP contribution in [0, 0.1) is 0 Å². The maximum Gasteiger partial charge on any atom is 0.387 e. The molecule has 18 heavy (non-hydrogen) atoms. The fourth-order valence-electron chi connectivity index (χ4n) is 1.21. The molecule has 0 radical (unpaired) electrons. The third-order valence-electron chi connectivity index (χ3n) is 1.85. The molecule has 100 valence electrons. The largest absolute Gasteiger partial charge is 0.431 e. The van der Waals surface area contributed by atoms with E-state index in [9.17, 15) is 17.6 Å². The van der Waals surface area contributed by atoms with Gasteiger partial charge in [-0.25, -0.2) is 0 Å². The third-order valence-corrected chi connectivity index (χ3v) is 1.85. The lowest BCUT2D eigenvalue weighted by atomic mass is 10.2. The highest BCUT2D eigenvalue weighted by molar-refractivity contribution is 5.56. The van der Waals surface area contributed by atoms with Crippen LogP contribution in [0.25, 0.3) is 6.08 Å². The lowest BCUT2D eigenvalue weighted by Crippen LogP contribution is -2.07. The van der Waals surface area contributed by atoms with Gasteiger partial charge in [-0.2, -0.15) is 17.6 Å². The van der Waals surface area contributed by atoms with Gasteiger partial charge in [0.1, 0.15) is 0 Å². The Hall–Kier alpha value is -1.76. The van der Waals surface area contributed by atoms with Gasteiger partial charge >= 0.3 is 13.2 Å². The summed E-state index contributed by atoms with van der Waals surface area (Å²) in [6, 6.07) is 3.71. The number of rotatable bonds is 6. The highest BCUT2D eigenvalue weighted by Crippen LogP contribution is 2.31. The van der Waals surface area contributed by atoms with E-state index in [4.69, 9.17) is 5.73 Å². The molecule has 0 fully saturated rings. The van der Waals surface area contributed by atoms with Crippen LogP contribution in [0.5, 0.6) is 11.5 Å². The molecule has 0 aliphatic heterocycles. The van der Waals surface area contributed by atoms with E-state index < -0.39 is 24.7 Å². The van der Waals surface area contributed by atoms with Crippen molar-refractivity contribution in [3.05, 3.63) is 29.8 Å². The summed E-state index contributed by atoms with van der Waals surface area (Å²) in [6.07, 6.45) is 3.12. The van der Waals surface area contributed by atoms with Crippen molar-refractivity contribution in [3.8, 4) is 11.5 Å². The summed E-state index contributed by atoms with van der Waals surface area (Å²) in [7, 11) is 0. The molecule has 0 aromatic heterocycles. The quantitative estimate of drug-likeness (QED) is 0.804. The fourth-order valence-corrected chi connectivity index (χ4v) is 1.21. The molecule has 7 heteroatoms. The van der Waals surface area contributed by atoms with Crippen molar-refractivity contribution in [1.29, 1.82) is 0 Å². The second-order valence-electron chi connectivity index (χ2n) is 3.10. The zero-order valence-electron chi connectivity index (χ0n) is 9.15. The molecular weight excluding hydrogens is 254 g/mol. The molecule has 0 saturated carbocycles. The van der Waals surface area contributed by atoms with Crippen LogP contribution in [-0.2, 0) is 0 Å². The SMILES string of the molecule is NCC=Cc1ccc(OC(F)F)c(OC(F)F)c1. The first-order chi connectivity index (χ1) is 8.52. The summed E-state index contributed by atoms with van der Waals surface area (Å²) in [4.78, 5) is 0. The monoisotopic (exact) mass is 265 g/mol. The summed E-state index contributed by atoms with van der Waals surface area (Å²) in [5.41, 5.74) is 5.71. The van der Waals surface area contributed by atoms with Gasteiger partial charge in [0.05, 0.1) is 0 Å². The Morgan fingerprint density at radius 2 is 1.67 bits per heavy atom. The van der Waals surface area contributed by atoms with Crippen molar-refractivity contribution in [2.75, 3.05) is 6.54 Å². The molecular formula is C11H11F4NO2. The number of hydrogen-bond acceptors (Lipinski definition) is 3. The topological polar surface area (TPSA) is 44.5 Å². The van der Waals surface area contributed by atoms with Crippen molar-refractivity contribution < 1.29 is 27.0 Å². The first-order valence-electron chi connectivity index (χ1n) is 4.93. The van der Waals surface area contributed by atoms with Gasteiger partial charge in [-0.3, -0.25) is 0 Å². The van der Waals surface area contributed by atoms with E-state index in [1.54, 1.807) is 12.2 Å². The molecule has 2 N–H and O–H groups in total.